The molecule has 1 unspecified atom stereocenters. The summed E-state index contributed by atoms with van der Waals surface area (Å²) in [7, 11) is 2.00. The maximum Gasteiger partial charge on any atom is 0.0751 e. The second-order valence-corrected chi connectivity index (χ2v) is 3.83. The van der Waals surface area contributed by atoms with Crippen LogP contribution in [0.4, 0.5) is 0 Å². The molecular weight excluding hydrogens is 138 g/mol. The van der Waals surface area contributed by atoms with Crippen molar-refractivity contribution in [2.24, 2.45) is 0 Å². The molecule has 0 bridgehead atoms. The molecular formula is C9H19NO. The Hall–Kier alpha value is -0.0800. The summed E-state index contributed by atoms with van der Waals surface area (Å²) in [5.74, 6) is 0. The van der Waals surface area contributed by atoms with Crippen LogP contribution in [0.3, 0.4) is 0 Å². The van der Waals surface area contributed by atoms with Crippen LogP contribution >= 0.6 is 0 Å². The molecule has 0 aromatic heterocycles. The molecule has 0 aliphatic carbocycles. The van der Waals surface area contributed by atoms with Crippen LogP contribution in [0.1, 0.15) is 33.1 Å². The van der Waals surface area contributed by atoms with Crippen molar-refractivity contribution in [3.05, 3.63) is 0 Å². The third-order valence-corrected chi connectivity index (χ3v) is 2.63. The van der Waals surface area contributed by atoms with Gasteiger partial charge in [-0.15, -0.1) is 0 Å². The lowest BCUT2D eigenvalue weighted by Gasteiger charge is -2.36. The molecule has 0 amide bonds. The number of nitrogens with one attached hydrogen (secondary N) is 1. The van der Waals surface area contributed by atoms with Crippen molar-refractivity contribution in [2.75, 3.05) is 13.7 Å². The van der Waals surface area contributed by atoms with Crippen LogP contribution in [0.15, 0.2) is 0 Å². The summed E-state index contributed by atoms with van der Waals surface area (Å²) in [6, 6.07) is 0. The van der Waals surface area contributed by atoms with Crippen molar-refractivity contribution in [2.45, 2.75) is 44.8 Å². The van der Waals surface area contributed by atoms with Crippen LogP contribution in [0, 0.1) is 0 Å². The van der Waals surface area contributed by atoms with E-state index >= 15 is 0 Å². The second-order valence-electron chi connectivity index (χ2n) is 3.83. The first-order valence-electron chi connectivity index (χ1n) is 4.47. The van der Waals surface area contributed by atoms with Crippen molar-refractivity contribution < 1.29 is 4.74 Å². The molecule has 2 heteroatoms. The fraction of sp³-hybridized carbons (Fsp3) is 1.00. The Morgan fingerprint density at radius 2 is 2.09 bits per heavy atom. The minimum atomic E-state index is 0.139. The van der Waals surface area contributed by atoms with Gasteiger partial charge >= 0.3 is 0 Å². The zero-order chi connectivity index (χ0) is 8.32. The minimum absolute atomic E-state index is 0.139. The van der Waals surface area contributed by atoms with Crippen molar-refractivity contribution in [3.8, 4) is 0 Å². The lowest BCUT2D eigenvalue weighted by Crippen LogP contribution is -2.50. The van der Waals surface area contributed by atoms with Gasteiger partial charge in [0.05, 0.1) is 6.10 Å². The fourth-order valence-electron chi connectivity index (χ4n) is 1.47. The van der Waals surface area contributed by atoms with Gasteiger partial charge in [-0.2, -0.15) is 0 Å². The number of hydrogen-bond acceptors (Lipinski definition) is 2. The van der Waals surface area contributed by atoms with E-state index in [1.165, 1.54) is 19.3 Å². The average molecular weight is 157 g/mol. The van der Waals surface area contributed by atoms with E-state index in [1.807, 2.05) is 7.05 Å². The molecule has 1 aliphatic rings. The van der Waals surface area contributed by atoms with Gasteiger partial charge in [0.2, 0.25) is 0 Å². The molecule has 1 fully saturated rings. The van der Waals surface area contributed by atoms with Crippen molar-refractivity contribution >= 4 is 0 Å². The third-order valence-electron chi connectivity index (χ3n) is 2.63. The molecule has 1 aliphatic heterocycles. The van der Waals surface area contributed by atoms with Crippen LogP contribution in [0.2, 0.25) is 0 Å². The maximum atomic E-state index is 5.67. The van der Waals surface area contributed by atoms with E-state index in [9.17, 15) is 0 Å². The van der Waals surface area contributed by atoms with Gasteiger partial charge in [-0.3, -0.25) is 0 Å². The zero-order valence-corrected chi connectivity index (χ0v) is 7.81. The maximum absolute atomic E-state index is 5.67. The lowest BCUT2D eigenvalue weighted by molar-refractivity contribution is -0.0316. The Labute approximate surface area is 69.3 Å². The topological polar surface area (TPSA) is 21.3 Å². The summed E-state index contributed by atoms with van der Waals surface area (Å²) in [6.07, 6.45) is 4.15. The minimum Gasteiger partial charge on any atom is -0.376 e. The van der Waals surface area contributed by atoms with Crippen LogP contribution < -0.4 is 5.32 Å². The Balaban J connectivity index is 2.43. The molecule has 1 saturated heterocycles. The van der Waals surface area contributed by atoms with Gasteiger partial charge in [-0.05, 0) is 40.2 Å². The number of likely N-dealkylation sites (N-methyl/N-ethyl adjacent to an activating group) is 1. The van der Waals surface area contributed by atoms with E-state index in [2.05, 4.69) is 19.2 Å². The lowest BCUT2D eigenvalue weighted by atomic mass is 9.91. The van der Waals surface area contributed by atoms with E-state index in [0.717, 1.165) is 6.61 Å². The molecule has 2 nitrogen and oxygen atoms in total. The van der Waals surface area contributed by atoms with E-state index in [0.29, 0.717) is 6.10 Å². The zero-order valence-electron chi connectivity index (χ0n) is 7.81. The highest BCUT2D eigenvalue weighted by atomic mass is 16.5. The van der Waals surface area contributed by atoms with Crippen LogP contribution in [0.5, 0.6) is 0 Å². The van der Waals surface area contributed by atoms with Gasteiger partial charge < -0.3 is 10.1 Å². The van der Waals surface area contributed by atoms with Gasteiger partial charge in [0, 0.05) is 12.1 Å². The quantitative estimate of drug-likeness (QED) is 0.656. The standard InChI is InChI=1S/C9H19NO/c1-9(2,10-3)8-6-4-5-7-11-8/h8,10H,4-7H2,1-3H3. The molecule has 1 heterocycles. The summed E-state index contributed by atoms with van der Waals surface area (Å²) in [5.41, 5.74) is 0.139. The van der Waals surface area contributed by atoms with Crippen molar-refractivity contribution in [1.82, 2.24) is 5.32 Å². The highest BCUT2D eigenvalue weighted by Crippen LogP contribution is 2.22. The normalized spacial score (nSPS) is 27.0. The summed E-state index contributed by atoms with van der Waals surface area (Å²) in [4.78, 5) is 0. The van der Waals surface area contributed by atoms with Gasteiger partial charge in [0.1, 0.15) is 0 Å². The monoisotopic (exact) mass is 157 g/mol. The van der Waals surface area contributed by atoms with Crippen molar-refractivity contribution in [3.63, 3.8) is 0 Å². The highest BCUT2D eigenvalue weighted by molar-refractivity contribution is 4.87. The molecule has 1 atom stereocenters. The van der Waals surface area contributed by atoms with E-state index in [4.69, 9.17) is 4.74 Å². The Bertz CT molecular complexity index is 117. The first-order valence-corrected chi connectivity index (χ1v) is 4.47. The fourth-order valence-corrected chi connectivity index (χ4v) is 1.47. The van der Waals surface area contributed by atoms with Crippen LogP contribution in [-0.2, 0) is 4.74 Å². The molecule has 0 saturated carbocycles. The molecule has 66 valence electrons. The predicted octanol–water partition coefficient (Wildman–Crippen LogP) is 1.55. The van der Waals surface area contributed by atoms with Crippen LogP contribution in [0.25, 0.3) is 0 Å². The summed E-state index contributed by atoms with van der Waals surface area (Å²) < 4.78 is 5.67. The Morgan fingerprint density at radius 1 is 1.36 bits per heavy atom. The average Bonchev–Trinajstić information content (AvgIpc) is 2.06. The van der Waals surface area contributed by atoms with Crippen molar-refractivity contribution in [1.29, 1.82) is 0 Å². The van der Waals surface area contributed by atoms with E-state index in [-0.39, 0.29) is 5.54 Å². The molecule has 0 aromatic rings. The predicted molar refractivity (Wildman–Crippen MR) is 46.7 cm³/mol. The molecule has 11 heavy (non-hydrogen) atoms. The first kappa shape index (κ1) is 9.01. The van der Waals surface area contributed by atoms with E-state index < -0.39 is 0 Å². The number of ether oxygens (including phenoxy) is 1. The molecule has 0 spiro atoms. The first-order chi connectivity index (χ1) is 5.17. The molecule has 0 radical (unpaired) electrons. The van der Waals surface area contributed by atoms with Gasteiger partial charge in [-0.1, -0.05) is 0 Å². The molecule has 1 N–H and O–H groups in total. The van der Waals surface area contributed by atoms with Gasteiger partial charge in [0.25, 0.3) is 0 Å². The van der Waals surface area contributed by atoms with Gasteiger partial charge in [0.15, 0.2) is 0 Å². The smallest absolute Gasteiger partial charge is 0.0751 e. The molecule has 1 rings (SSSR count). The molecule has 0 aromatic carbocycles. The Morgan fingerprint density at radius 3 is 2.55 bits per heavy atom. The highest BCUT2D eigenvalue weighted by Gasteiger charge is 2.29. The van der Waals surface area contributed by atoms with E-state index in [1.54, 1.807) is 0 Å². The number of rotatable bonds is 2. The largest absolute Gasteiger partial charge is 0.376 e. The second kappa shape index (κ2) is 3.55. The Kier molecular flexibility index (Phi) is 2.90. The summed E-state index contributed by atoms with van der Waals surface area (Å²) >= 11 is 0. The van der Waals surface area contributed by atoms with Gasteiger partial charge in [-0.25, -0.2) is 0 Å². The van der Waals surface area contributed by atoms with Crippen LogP contribution in [-0.4, -0.2) is 25.3 Å². The summed E-state index contributed by atoms with van der Waals surface area (Å²) in [6.45, 7) is 5.34. The number of hydrogen-bond donors (Lipinski definition) is 1. The SMILES string of the molecule is CNC(C)(C)C1CCCCO1. The third kappa shape index (κ3) is 2.17. The summed E-state index contributed by atoms with van der Waals surface area (Å²) in [5, 5.41) is 3.29.